The maximum atomic E-state index is 12.2. The van der Waals surface area contributed by atoms with Crippen molar-refractivity contribution in [2.45, 2.75) is 30.6 Å². The summed E-state index contributed by atoms with van der Waals surface area (Å²) in [6.07, 6.45) is 1.03. The van der Waals surface area contributed by atoms with Crippen molar-refractivity contribution >= 4 is 34.1 Å². The number of hydrogen-bond donors (Lipinski definition) is 2. The first-order valence-electron chi connectivity index (χ1n) is 8.54. The van der Waals surface area contributed by atoms with Crippen LogP contribution in [0.2, 0.25) is 0 Å². The zero-order valence-corrected chi connectivity index (χ0v) is 16.4. The lowest BCUT2D eigenvalue weighted by Gasteiger charge is -2.21. The third kappa shape index (κ3) is 5.01. The molecular weight excluding hydrogens is 372 g/mol. The van der Waals surface area contributed by atoms with E-state index in [1.54, 1.807) is 0 Å². The van der Waals surface area contributed by atoms with E-state index in [1.165, 1.54) is 23.1 Å². The predicted octanol–water partition coefficient (Wildman–Crippen LogP) is 3.10. The quantitative estimate of drug-likeness (QED) is 0.666. The third-order valence-corrected chi connectivity index (χ3v) is 5.72. The number of carbonyl (C=O) groups excluding carboxylic acids is 1. The van der Waals surface area contributed by atoms with Crippen LogP contribution in [0.5, 0.6) is 11.5 Å². The van der Waals surface area contributed by atoms with E-state index >= 15 is 0 Å². The fraction of sp³-hybridized carbons (Fsp3) is 0.471. The van der Waals surface area contributed by atoms with Crippen LogP contribution in [0, 0.1) is 0 Å². The summed E-state index contributed by atoms with van der Waals surface area (Å²) in [4.78, 5) is 12.2. The van der Waals surface area contributed by atoms with Crippen LogP contribution in [0.15, 0.2) is 22.5 Å². The van der Waals surface area contributed by atoms with Crippen LogP contribution in [-0.2, 0) is 4.79 Å². The van der Waals surface area contributed by atoms with Crippen LogP contribution in [0.1, 0.15) is 31.9 Å². The highest BCUT2D eigenvalue weighted by Gasteiger charge is 2.16. The fourth-order valence-electron chi connectivity index (χ4n) is 2.39. The molecule has 0 bridgehead atoms. The van der Waals surface area contributed by atoms with Gasteiger partial charge in [-0.15, -0.1) is 10.2 Å². The number of aromatic nitrogens is 2. The van der Waals surface area contributed by atoms with Gasteiger partial charge in [0.2, 0.25) is 11.0 Å². The second-order valence-corrected chi connectivity index (χ2v) is 7.98. The molecule has 0 aliphatic carbocycles. The number of amides is 1. The second kappa shape index (κ2) is 9.09. The molecule has 140 valence electrons. The Bertz CT molecular complexity index is 753. The zero-order chi connectivity index (χ0) is 18.4. The highest BCUT2D eigenvalue weighted by atomic mass is 32.2. The van der Waals surface area contributed by atoms with Gasteiger partial charge in [0.25, 0.3) is 0 Å². The smallest absolute Gasteiger partial charge is 0.230 e. The molecule has 26 heavy (non-hydrogen) atoms. The minimum absolute atomic E-state index is 0.0457. The number of rotatable bonds is 8. The lowest BCUT2D eigenvalue weighted by Crippen LogP contribution is -2.28. The van der Waals surface area contributed by atoms with E-state index in [4.69, 9.17) is 9.47 Å². The molecule has 0 radical (unpaired) electrons. The fourth-order valence-corrected chi connectivity index (χ4v) is 3.98. The standard InChI is InChI=1S/C17H22N4O3S2/c1-3-6-18-16-20-21-17(26-16)25-10-15(22)19-11(2)12-4-5-13-14(9-12)24-8-7-23-13/h4-5,9,11H,3,6-8,10H2,1-2H3,(H,18,20)(H,19,22). The van der Waals surface area contributed by atoms with Crippen molar-refractivity contribution < 1.29 is 14.3 Å². The number of nitrogens with zero attached hydrogens (tertiary/aromatic N) is 2. The van der Waals surface area contributed by atoms with Gasteiger partial charge in [0.05, 0.1) is 11.8 Å². The molecule has 2 N–H and O–H groups in total. The van der Waals surface area contributed by atoms with Gasteiger partial charge in [-0.2, -0.15) is 0 Å². The first-order chi connectivity index (χ1) is 12.7. The van der Waals surface area contributed by atoms with Gasteiger partial charge in [-0.3, -0.25) is 4.79 Å². The molecule has 3 rings (SSSR count). The van der Waals surface area contributed by atoms with E-state index in [2.05, 4.69) is 27.8 Å². The summed E-state index contributed by atoms with van der Waals surface area (Å²) in [5.74, 6) is 1.73. The number of benzene rings is 1. The Morgan fingerprint density at radius 2 is 2.12 bits per heavy atom. The van der Waals surface area contributed by atoms with Crippen molar-refractivity contribution in [3.05, 3.63) is 23.8 Å². The van der Waals surface area contributed by atoms with Crippen molar-refractivity contribution in [2.75, 3.05) is 30.8 Å². The molecule has 1 aliphatic heterocycles. The van der Waals surface area contributed by atoms with Gasteiger partial charge < -0.3 is 20.1 Å². The van der Waals surface area contributed by atoms with Gasteiger partial charge in [0.1, 0.15) is 13.2 Å². The Morgan fingerprint density at radius 1 is 1.31 bits per heavy atom. The number of thioether (sulfide) groups is 1. The summed E-state index contributed by atoms with van der Waals surface area (Å²) in [5.41, 5.74) is 0.981. The summed E-state index contributed by atoms with van der Waals surface area (Å²) in [6, 6.07) is 5.63. The van der Waals surface area contributed by atoms with Crippen molar-refractivity contribution in [1.29, 1.82) is 0 Å². The topological polar surface area (TPSA) is 85.4 Å². The summed E-state index contributed by atoms with van der Waals surface area (Å²) >= 11 is 2.86. The lowest BCUT2D eigenvalue weighted by atomic mass is 10.1. The van der Waals surface area contributed by atoms with Crippen LogP contribution < -0.4 is 20.1 Å². The van der Waals surface area contributed by atoms with E-state index < -0.39 is 0 Å². The molecule has 1 unspecified atom stereocenters. The van der Waals surface area contributed by atoms with Crippen LogP contribution in [0.3, 0.4) is 0 Å². The summed E-state index contributed by atoms with van der Waals surface area (Å²) in [7, 11) is 0. The van der Waals surface area contributed by atoms with E-state index in [-0.39, 0.29) is 11.9 Å². The molecule has 1 aromatic carbocycles. The lowest BCUT2D eigenvalue weighted by molar-refractivity contribution is -0.119. The average Bonchev–Trinajstić information content (AvgIpc) is 3.12. The number of fused-ring (bicyclic) bond motifs is 1. The number of nitrogens with one attached hydrogen (secondary N) is 2. The summed E-state index contributed by atoms with van der Waals surface area (Å²) in [6.45, 7) is 6.03. The Hall–Kier alpha value is -2.00. The minimum atomic E-state index is -0.116. The zero-order valence-electron chi connectivity index (χ0n) is 14.8. The molecular formula is C17H22N4O3S2. The highest BCUT2D eigenvalue weighted by Crippen LogP contribution is 2.32. The SMILES string of the molecule is CCCNc1nnc(SCC(=O)NC(C)c2ccc3c(c2)OCCO3)s1. The molecule has 1 atom stereocenters. The third-order valence-electron chi connectivity index (χ3n) is 3.70. The average molecular weight is 395 g/mol. The number of anilines is 1. The Morgan fingerprint density at radius 3 is 2.92 bits per heavy atom. The molecule has 9 heteroatoms. The maximum absolute atomic E-state index is 12.2. The van der Waals surface area contributed by atoms with E-state index in [1.807, 2.05) is 25.1 Å². The van der Waals surface area contributed by atoms with E-state index in [0.717, 1.165) is 39.5 Å². The predicted molar refractivity (Wildman–Crippen MR) is 103 cm³/mol. The molecule has 0 spiro atoms. The Labute approximate surface area is 160 Å². The number of carbonyl (C=O) groups is 1. The molecule has 2 heterocycles. The van der Waals surface area contributed by atoms with Crippen molar-refractivity contribution in [1.82, 2.24) is 15.5 Å². The molecule has 1 amide bonds. The number of ether oxygens (including phenoxy) is 2. The maximum Gasteiger partial charge on any atom is 0.230 e. The molecule has 0 saturated carbocycles. The van der Waals surface area contributed by atoms with Gasteiger partial charge in [-0.25, -0.2) is 0 Å². The largest absolute Gasteiger partial charge is 0.486 e. The van der Waals surface area contributed by atoms with Gasteiger partial charge in [0.15, 0.2) is 15.8 Å². The Kier molecular flexibility index (Phi) is 6.56. The molecule has 2 aromatic rings. The van der Waals surface area contributed by atoms with Gasteiger partial charge in [0, 0.05) is 6.54 Å². The van der Waals surface area contributed by atoms with Crippen LogP contribution in [0.4, 0.5) is 5.13 Å². The molecule has 1 aromatic heterocycles. The van der Waals surface area contributed by atoms with Crippen LogP contribution in [-0.4, -0.2) is 41.6 Å². The highest BCUT2D eigenvalue weighted by molar-refractivity contribution is 8.01. The van der Waals surface area contributed by atoms with Crippen molar-refractivity contribution in [3.63, 3.8) is 0 Å². The van der Waals surface area contributed by atoms with E-state index in [0.29, 0.717) is 19.0 Å². The van der Waals surface area contributed by atoms with Crippen LogP contribution >= 0.6 is 23.1 Å². The first-order valence-corrected chi connectivity index (χ1v) is 10.3. The summed E-state index contributed by atoms with van der Waals surface area (Å²) < 4.78 is 11.9. The van der Waals surface area contributed by atoms with Crippen molar-refractivity contribution in [3.8, 4) is 11.5 Å². The first kappa shape index (κ1) is 18.8. The monoisotopic (exact) mass is 394 g/mol. The molecule has 0 fully saturated rings. The minimum Gasteiger partial charge on any atom is -0.486 e. The van der Waals surface area contributed by atoms with Gasteiger partial charge >= 0.3 is 0 Å². The van der Waals surface area contributed by atoms with Crippen LogP contribution in [0.25, 0.3) is 0 Å². The second-order valence-electron chi connectivity index (χ2n) is 5.78. The Balaban J connectivity index is 1.49. The van der Waals surface area contributed by atoms with Crippen molar-refractivity contribution in [2.24, 2.45) is 0 Å². The summed E-state index contributed by atoms with van der Waals surface area (Å²) in [5, 5.41) is 15.1. The molecule has 1 aliphatic rings. The van der Waals surface area contributed by atoms with E-state index in [9.17, 15) is 4.79 Å². The number of hydrogen-bond acceptors (Lipinski definition) is 8. The normalized spacial score (nSPS) is 13.9. The molecule has 0 saturated heterocycles. The van der Waals surface area contributed by atoms with Gasteiger partial charge in [-0.1, -0.05) is 36.1 Å². The van der Waals surface area contributed by atoms with Gasteiger partial charge in [-0.05, 0) is 31.0 Å². The molecule has 7 nitrogen and oxygen atoms in total.